The third kappa shape index (κ3) is 4.91. The Kier molecular flexibility index (Phi) is 7.79. The van der Waals surface area contributed by atoms with E-state index >= 15 is 0 Å². The van der Waals surface area contributed by atoms with Gasteiger partial charge in [0.2, 0.25) is 5.71 Å². The largest absolute Gasteiger partial charge is 0.477 e. The zero-order valence-corrected chi connectivity index (χ0v) is 23.6. The molecule has 3 aromatic rings. The lowest BCUT2D eigenvalue weighted by Crippen LogP contribution is -2.80. The van der Waals surface area contributed by atoms with Gasteiger partial charge in [-0.15, -0.1) is 33.3 Å². The smallest absolute Gasteiger partial charge is 0.353 e. The molecule has 1 saturated heterocycles. The van der Waals surface area contributed by atoms with Gasteiger partial charge in [0.05, 0.1) is 0 Å². The lowest BCUT2D eigenvalue weighted by Gasteiger charge is -2.55. The van der Waals surface area contributed by atoms with E-state index in [2.05, 4.69) is 30.6 Å². The molecule has 1 aromatic carbocycles. The number of hydrogen-bond donors (Lipinski definition) is 3. The minimum atomic E-state index is -1.71. The first-order valence-corrected chi connectivity index (χ1v) is 14.5. The Morgan fingerprint density at radius 3 is 2.77 bits per heavy atom. The van der Waals surface area contributed by atoms with Gasteiger partial charge in [0.1, 0.15) is 39.5 Å². The fourth-order valence-corrected chi connectivity index (χ4v) is 7.39. The number of oxime groups is 1. The summed E-state index contributed by atoms with van der Waals surface area (Å²) in [5.41, 5.74) is 5.52. The summed E-state index contributed by atoms with van der Waals surface area (Å²) in [6.07, 6.45) is 0. The van der Waals surface area contributed by atoms with Crippen molar-refractivity contribution in [1.82, 2.24) is 30.4 Å². The van der Waals surface area contributed by atoms with Crippen molar-refractivity contribution in [3.05, 3.63) is 58.4 Å². The van der Waals surface area contributed by atoms with E-state index in [-0.39, 0.29) is 28.8 Å². The van der Waals surface area contributed by atoms with Crippen LogP contribution in [0.5, 0.6) is 0 Å². The first kappa shape index (κ1) is 27.6. The van der Waals surface area contributed by atoms with Gasteiger partial charge in [-0.05, 0) is 12.1 Å². The SMILES string of the molecule is CON=C(C(=O)NC1(C=S)C(=O)N2C(C(=O)O)=C(c3nncs3)CS[C@H]21)c1nc(N)cc(Sc2ccccc2)n1. The number of aromatic nitrogens is 4. The van der Waals surface area contributed by atoms with Crippen molar-refractivity contribution in [2.45, 2.75) is 20.8 Å². The fraction of sp³-hybridized carbons (Fsp3) is 0.174. The van der Waals surface area contributed by atoms with Gasteiger partial charge in [-0.25, -0.2) is 14.8 Å². The lowest BCUT2D eigenvalue weighted by atomic mass is 9.87. The number of nitrogens with two attached hydrogens (primary N) is 1. The molecule has 4 N–H and O–H groups in total. The summed E-state index contributed by atoms with van der Waals surface area (Å²) in [6, 6.07) is 10.9. The number of carbonyl (C=O) groups excluding carboxylic acids is 2. The van der Waals surface area contributed by atoms with Crippen molar-refractivity contribution in [2.75, 3.05) is 18.6 Å². The van der Waals surface area contributed by atoms with Crippen LogP contribution in [0.25, 0.3) is 5.57 Å². The summed E-state index contributed by atoms with van der Waals surface area (Å²) in [6.45, 7) is 0. The molecule has 13 nitrogen and oxygen atoms in total. The quantitative estimate of drug-likeness (QED) is 0.104. The molecule has 0 aliphatic carbocycles. The number of carboxylic acids is 1. The summed E-state index contributed by atoms with van der Waals surface area (Å²) in [5, 5.41) is 25.2. The van der Waals surface area contributed by atoms with Gasteiger partial charge in [0.15, 0.2) is 11.4 Å². The van der Waals surface area contributed by atoms with E-state index in [1.165, 1.54) is 36.1 Å². The number of nitrogen functional groups attached to an aromatic ring is 1. The Hall–Kier alpha value is -3.93. The van der Waals surface area contributed by atoms with E-state index < -0.39 is 28.7 Å². The average Bonchev–Trinajstić information content (AvgIpc) is 3.48. The summed E-state index contributed by atoms with van der Waals surface area (Å²) in [4.78, 5) is 54.6. The molecule has 0 bridgehead atoms. The maximum absolute atomic E-state index is 13.5. The highest BCUT2D eigenvalue weighted by Crippen LogP contribution is 2.47. The highest BCUT2D eigenvalue weighted by molar-refractivity contribution is 8.00. The van der Waals surface area contributed by atoms with E-state index in [1.807, 2.05) is 30.3 Å². The molecule has 2 amide bonds. The summed E-state index contributed by atoms with van der Waals surface area (Å²) >= 11 is 8.87. The van der Waals surface area contributed by atoms with Crippen molar-refractivity contribution >= 4 is 87.3 Å². The molecule has 204 valence electrons. The number of amides is 2. The van der Waals surface area contributed by atoms with Crippen LogP contribution in [0.3, 0.4) is 0 Å². The number of benzene rings is 1. The molecule has 0 spiro atoms. The number of carboxylic acid groups (broad SMARTS) is 1. The predicted molar refractivity (Wildman–Crippen MR) is 153 cm³/mol. The minimum Gasteiger partial charge on any atom is -0.477 e. The summed E-state index contributed by atoms with van der Waals surface area (Å²) < 4.78 is 0. The Morgan fingerprint density at radius 1 is 1.35 bits per heavy atom. The zero-order chi connectivity index (χ0) is 28.4. The number of hydrogen-bond acceptors (Lipinski definition) is 14. The molecule has 2 aliphatic heterocycles. The van der Waals surface area contributed by atoms with Crippen LogP contribution in [0.4, 0.5) is 5.82 Å². The first-order valence-electron chi connectivity index (χ1n) is 11.2. The van der Waals surface area contributed by atoms with E-state index in [0.717, 1.165) is 26.5 Å². The van der Waals surface area contributed by atoms with Gasteiger partial charge >= 0.3 is 5.97 Å². The standard InChI is InChI=1S/C23H18N8O5S4/c1-36-30-15(17-26-13(24)7-14(27-17)40-11-5-3-2-4-6-11)18(32)28-23(9-37)21(35)31-16(20(33)34)12(8-38-22(23)31)19-29-25-10-39-19/h2-7,9-10,22H,8H2,1H3,(H,28,32)(H,33,34)(H2,24,26,27)/t22-,23?/m0/s1. The number of thioether (sulfide) groups is 1. The Labute approximate surface area is 244 Å². The molecule has 2 atom stereocenters. The number of nitrogens with one attached hydrogen (secondary N) is 1. The van der Waals surface area contributed by atoms with Crippen molar-refractivity contribution in [3.8, 4) is 0 Å². The molecule has 2 aromatic heterocycles. The molecular weight excluding hydrogens is 597 g/mol. The van der Waals surface area contributed by atoms with Crippen molar-refractivity contribution < 1.29 is 24.3 Å². The number of nitrogens with zero attached hydrogens (tertiary/aromatic N) is 6. The van der Waals surface area contributed by atoms with Gasteiger partial charge in [0.25, 0.3) is 11.8 Å². The van der Waals surface area contributed by atoms with Gasteiger partial charge in [-0.3, -0.25) is 14.5 Å². The van der Waals surface area contributed by atoms with Crippen LogP contribution in [0.2, 0.25) is 0 Å². The highest BCUT2D eigenvalue weighted by Gasteiger charge is 2.65. The van der Waals surface area contributed by atoms with Crippen molar-refractivity contribution in [2.24, 2.45) is 5.16 Å². The van der Waals surface area contributed by atoms with Crippen LogP contribution < -0.4 is 11.1 Å². The predicted octanol–water partition coefficient (Wildman–Crippen LogP) is 1.68. The topological polar surface area (TPSA) is 186 Å². The van der Waals surface area contributed by atoms with E-state index in [4.69, 9.17) is 22.8 Å². The van der Waals surface area contributed by atoms with E-state index in [1.54, 1.807) is 6.07 Å². The number of anilines is 1. The number of carbonyl (C=O) groups is 3. The maximum Gasteiger partial charge on any atom is 0.353 e. The normalized spacial score (nSPS) is 20.4. The zero-order valence-electron chi connectivity index (χ0n) is 20.4. The maximum atomic E-state index is 13.5. The number of fused-ring (bicyclic) bond motifs is 1. The van der Waals surface area contributed by atoms with Crippen LogP contribution in [0.1, 0.15) is 10.8 Å². The number of aliphatic carboxylic acids is 1. The molecule has 1 fully saturated rings. The van der Waals surface area contributed by atoms with E-state index in [0.29, 0.717) is 15.6 Å². The lowest BCUT2D eigenvalue weighted by molar-refractivity contribution is -0.153. The molecule has 2 aliphatic rings. The second kappa shape index (κ2) is 11.3. The van der Waals surface area contributed by atoms with Gasteiger partial charge in [-0.2, -0.15) is 0 Å². The number of β-lactam (4-membered cyclic amide) rings is 1. The van der Waals surface area contributed by atoms with Crippen LogP contribution >= 0.6 is 47.1 Å². The summed E-state index contributed by atoms with van der Waals surface area (Å²) in [5.74, 6) is -2.76. The number of rotatable bonds is 9. The third-order valence-corrected chi connectivity index (χ3v) is 9.14. The average molecular weight is 615 g/mol. The van der Waals surface area contributed by atoms with Gasteiger partial charge in [0, 0.05) is 27.7 Å². The second-order valence-electron chi connectivity index (χ2n) is 8.15. The van der Waals surface area contributed by atoms with Crippen LogP contribution in [0.15, 0.2) is 62.7 Å². The van der Waals surface area contributed by atoms with Crippen LogP contribution in [-0.4, -0.2) is 82.8 Å². The molecule has 5 rings (SSSR count). The minimum absolute atomic E-state index is 0.0822. The Morgan fingerprint density at radius 2 is 2.12 bits per heavy atom. The highest BCUT2D eigenvalue weighted by atomic mass is 32.2. The second-order valence-corrected chi connectivity index (χ2v) is 11.4. The molecule has 1 unspecified atom stereocenters. The van der Waals surface area contributed by atoms with Crippen LogP contribution in [-0.2, 0) is 19.2 Å². The molecule has 0 saturated carbocycles. The van der Waals surface area contributed by atoms with Gasteiger partial charge < -0.3 is 21.0 Å². The fourth-order valence-electron chi connectivity index (χ4n) is 4.04. The number of thiocarbonyl (C=S) groups is 1. The first-order chi connectivity index (χ1) is 19.3. The summed E-state index contributed by atoms with van der Waals surface area (Å²) in [7, 11) is 1.24. The molecule has 4 heterocycles. The van der Waals surface area contributed by atoms with Gasteiger partial charge in [-0.1, -0.05) is 47.3 Å². The Bertz CT molecular complexity index is 1570. The monoisotopic (exact) mass is 614 g/mol. The van der Waals surface area contributed by atoms with E-state index in [9.17, 15) is 19.5 Å². The van der Waals surface area contributed by atoms with Crippen molar-refractivity contribution in [3.63, 3.8) is 0 Å². The Balaban J connectivity index is 1.44. The van der Waals surface area contributed by atoms with Crippen LogP contribution in [0, 0.1) is 0 Å². The molecule has 40 heavy (non-hydrogen) atoms. The molecule has 17 heteroatoms. The molecular formula is C23H18N8O5S4. The molecule has 0 radical (unpaired) electrons. The van der Waals surface area contributed by atoms with Crippen molar-refractivity contribution in [1.29, 1.82) is 0 Å². The third-order valence-electron chi connectivity index (χ3n) is 5.73.